The highest BCUT2D eigenvalue weighted by Gasteiger charge is 2.21. The Morgan fingerprint density at radius 1 is 1.35 bits per heavy atom. The summed E-state index contributed by atoms with van der Waals surface area (Å²) in [7, 11) is 0. The van der Waals surface area contributed by atoms with E-state index in [2.05, 4.69) is 15.3 Å². The normalized spacial score (nSPS) is 14.1. The van der Waals surface area contributed by atoms with Crippen LogP contribution >= 0.6 is 11.6 Å². The monoisotopic (exact) mass is 442 g/mol. The first-order valence-electron chi connectivity index (χ1n) is 10.6. The third-order valence-electron chi connectivity index (χ3n) is 5.78. The highest BCUT2D eigenvalue weighted by atomic mass is 35.5. The van der Waals surface area contributed by atoms with Crippen molar-refractivity contribution in [2.75, 3.05) is 6.61 Å². The van der Waals surface area contributed by atoms with Crippen molar-refractivity contribution in [3.8, 4) is 5.75 Å². The smallest absolute Gasteiger partial charge is 0.268 e. The van der Waals surface area contributed by atoms with Crippen molar-refractivity contribution in [2.24, 2.45) is 5.92 Å². The fraction of sp³-hybridized carbons (Fsp3) is 0.435. The molecule has 164 valence electrons. The van der Waals surface area contributed by atoms with Gasteiger partial charge in [-0.2, -0.15) is 0 Å². The molecule has 1 amide bonds. The van der Waals surface area contributed by atoms with Gasteiger partial charge in [-0.15, -0.1) is 0 Å². The molecule has 31 heavy (non-hydrogen) atoms. The average Bonchev–Trinajstić information content (AvgIpc) is 3.09. The number of hydrogen-bond donors (Lipinski definition) is 2. The van der Waals surface area contributed by atoms with Gasteiger partial charge in [0.2, 0.25) is 0 Å². The highest BCUT2D eigenvalue weighted by Crippen LogP contribution is 2.28. The van der Waals surface area contributed by atoms with Crippen LogP contribution in [0.25, 0.3) is 5.52 Å². The van der Waals surface area contributed by atoms with E-state index in [1.165, 1.54) is 6.42 Å². The molecular formula is C23H27ClN4O3. The number of aromatic nitrogens is 3. The maximum atomic E-state index is 13.0. The number of aromatic amines is 1. The molecule has 0 atom stereocenters. The van der Waals surface area contributed by atoms with Gasteiger partial charge in [0.25, 0.3) is 11.5 Å². The summed E-state index contributed by atoms with van der Waals surface area (Å²) in [6, 6.07) is 5.21. The summed E-state index contributed by atoms with van der Waals surface area (Å²) in [5.41, 5.74) is 2.90. The summed E-state index contributed by atoms with van der Waals surface area (Å²) in [4.78, 5) is 32.8. The lowest BCUT2D eigenvalue weighted by molar-refractivity contribution is 0.0944. The van der Waals surface area contributed by atoms with Crippen molar-refractivity contribution in [1.29, 1.82) is 0 Å². The summed E-state index contributed by atoms with van der Waals surface area (Å²) in [5, 5.41) is 3.30. The summed E-state index contributed by atoms with van der Waals surface area (Å²) in [6.45, 7) is 6.53. The van der Waals surface area contributed by atoms with Crippen LogP contribution in [0.1, 0.15) is 66.5 Å². The van der Waals surface area contributed by atoms with Crippen molar-refractivity contribution in [1.82, 2.24) is 19.7 Å². The molecule has 0 radical (unpaired) electrons. The van der Waals surface area contributed by atoms with Crippen LogP contribution in [0.4, 0.5) is 0 Å². The number of pyridine rings is 2. The zero-order valence-electron chi connectivity index (χ0n) is 18.0. The van der Waals surface area contributed by atoms with Gasteiger partial charge in [0.05, 0.1) is 29.9 Å². The molecule has 1 fully saturated rings. The van der Waals surface area contributed by atoms with E-state index in [1.807, 2.05) is 26.8 Å². The van der Waals surface area contributed by atoms with Crippen LogP contribution in [0, 0.1) is 12.8 Å². The van der Waals surface area contributed by atoms with Gasteiger partial charge in [-0.25, -0.2) is 4.98 Å². The molecule has 7 nitrogen and oxygen atoms in total. The topological polar surface area (TPSA) is 88.5 Å². The minimum absolute atomic E-state index is 0.0498. The number of H-pyrrole nitrogens is 1. The highest BCUT2D eigenvalue weighted by molar-refractivity contribution is 6.31. The molecule has 1 saturated carbocycles. The zero-order valence-corrected chi connectivity index (χ0v) is 18.8. The maximum absolute atomic E-state index is 13.0. The number of ether oxygens (including phenoxy) is 1. The maximum Gasteiger partial charge on any atom is 0.268 e. The number of hydrogen-bond acceptors (Lipinski definition) is 4. The van der Waals surface area contributed by atoms with Gasteiger partial charge in [0.15, 0.2) is 0 Å². The molecule has 2 N–H and O–H groups in total. The number of amides is 1. The van der Waals surface area contributed by atoms with E-state index >= 15 is 0 Å². The molecule has 0 bridgehead atoms. The summed E-state index contributed by atoms with van der Waals surface area (Å²) >= 11 is 6.28. The first-order valence-corrected chi connectivity index (χ1v) is 11.0. The van der Waals surface area contributed by atoms with E-state index in [9.17, 15) is 9.59 Å². The predicted molar refractivity (Wildman–Crippen MR) is 120 cm³/mol. The minimum atomic E-state index is -0.342. The van der Waals surface area contributed by atoms with Gasteiger partial charge in [-0.3, -0.25) is 14.0 Å². The van der Waals surface area contributed by atoms with E-state index < -0.39 is 0 Å². The van der Waals surface area contributed by atoms with E-state index in [1.54, 1.807) is 22.9 Å². The molecule has 0 spiro atoms. The van der Waals surface area contributed by atoms with E-state index in [4.69, 9.17) is 16.3 Å². The third kappa shape index (κ3) is 4.46. The van der Waals surface area contributed by atoms with Crippen LogP contribution in [0.3, 0.4) is 0 Å². The lowest BCUT2D eigenvalue weighted by atomic mass is 9.86. The van der Waals surface area contributed by atoms with Crippen molar-refractivity contribution < 1.29 is 9.53 Å². The number of aryl methyl sites for hydroxylation is 1. The number of imidazole rings is 1. The first kappa shape index (κ1) is 21.4. The zero-order chi connectivity index (χ0) is 22.1. The van der Waals surface area contributed by atoms with Gasteiger partial charge in [0.1, 0.15) is 17.8 Å². The second-order valence-corrected chi connectivity index (χ2v) is 8.95. The van der Waals surface area contributed by atoms with E-state index in [-0.39, 0.29) is 23.9 Å². The summed E-state index contributed by atoms with van der Waals surface area (Å²) < 4.78 is 7.68. The first-order chi connectivity index (χ1) is 14.8. The third-order valence-corrected chi connectivity index (χ3v) is 6.00. The lowest BCUT2D eigenvalue weighted by Gasteiger charge is -2.25. The molecule has 3 aromatic rings. The van der Waals surface area contributed by atoms with Gasteiger partial charge >= 0.3 is 0 Å². The number of nitrogens with one attached hydrogen (secondary N) is 2. The Hall–Kier alpha value is -2.80. The second kappa shape index (κ2) is 8.75. The number of halogens is 1. The number of fused-ring (bicyclic) bond motifs is 1. The standard InChI is InChI=1S/C23H27ClN4O3/c1-13(2)21-18-8-16(24)9-19(28(18)12-26-21)23(30)25-10-17-20(7-14(3)27-22(17)29)31-11-15-5-4-6-15/h7-9,12-13,15H,4-6,10-11H2,1-3H3,(H,25,30)(H,27,29). The van der Waals surface area contributed by atoms with Crippen molar-refractivity contribution in [3.63, 3.8) is 0 Å². The Bertz CT molecular complexity index is 1180. The number of rotatable bonds is 7. The van der Waals surface area contributed by atoms with Crippen LogP contribution < -0.4 is 15.6 Å². The molecule has 0 aliphatic heterocycles. The van der Waals surface area contributed by atoms with E-state index in [0.29, 0.717) is 34.6 Å². The largest absolute Gasteiger partial charge is 0.493 e. The molecule has 3 heterocycles. The number of carbonyl (C=O) groups excluding carboxylic acids is 1. The van der Waals surface area contributed by atoms with Gasteiger partial charge in [0, 0.05) is 10.7 Å². The van der Waals surface area contributed by atoms with Crippen LogP contribution in [-0.2, 0) is 6.54 Å². The predicted octanol–water partition coefficient (Wildman–Crippen LogP) is 4.22. The second-order valence-electron chi connectivity index (χ2n) is 8.51. The molecular weight excluding hydrogens is 416 g/mol. The van der Waals surface area contributed by atoms with Crippen LogP contribution in [-0.4, -0.2) is 26.9 Å². The van der Waals surface area contributed by atoms with Crippen LogP contribution in [0.15, 0.2) is 29.3 Å². The Kier molecular flexibility index (Phi) is 6.05. The molecule has 8 heteroatoms. The summed E-state index contributed by atoms with van der Waals surface area (Å²) in [6.07, 6.45) is 5.17. The van der Waals surface area contributed by atoms with Crippen LogP contribution in [0.5, 0.6) is 5.75 Å². The van der Waals surface area contributed by atoms with E-state index in [0.717, 1.165) is 29.7 Å². The Morgan fingerprint density at radius 3 is 2.81 bits per heavy atom. The molecule has 4 rings (SSSR count). The Labute approximate surface area is 185 Å². The van der Waals surface area contributed by atoms with Gasteiger partial charge in [-0.1, -0.05) is 31.9 Å². The van der Waals surface area contributed by atoms with Gasteiger partial charge < -0.3 is 15.0 Å². The molecule has 0 unspecified atom stereocenters. The molecule has 1 aliphatic carbocycles. The van der Waals surface area contributed by atoms with Crippen molar-refractivity contribution >= 4 is 23.0 Å². The average molecular weight is 443 g/mol. The van der Waals surface area contributed by atoms with Crippen molar-refractivity contribution in [3.05, 3.63) is 62.5 Å². The fourth-order valence-corrected chi connectivity index (χ4v) is 4.01. The number of nitrogens with zero attached hydrogens (tertiary/aromatic N) is 2. The van der Waals surface area contributed by atoms with Crippen molar-refractivity contribution in [2.45, 2.75) is 52.5 Å². The Morgan fingerprint density at radius 2 is 2.13 bits per heavy atom. The Balaban J connectivity index is 1.57. The molecule has 0 saturated heterocycles. The van der Waals surface area contributed by atoms with Gasteiger partial charge in [-0.05, 0) is 49.8 Å². The lowest BCUT2D eigenvalue weighted by Crippen LogP contribution is -2.29. The van der Waals surface area contributed by atoms with Crippen LogP contribution in [0.2, 0.25) is 5.02 Å². The quantitative estimate of drug-likeness (QED) is 0.573. The molecule has 1 aliphatic rings. The molecule has 3 aromatic heterocycles. The summed E-state index contributed by atoms with van der Waals surface area (Å²) in [5.74, 6) is 0.915. The molecule has 0 aromatic carbocycles. The fourth-order valence-electron chi connectivity index (χ4n) is 3.81. The minimum Gasteiger partial charge on any atom is -0.493 e. The number of carbonyl (C=O) groups is 1. The SMILES string of the molecule is Cc1cc(OCC2CCC2)c(CNC(=O)c2cc(Cl)cc3c(C(C)C)ncn23)c(=O)[nH]1.